The predicted octanol–water partition coefficient (Wildman–Crippen LogP) is 3.23. The van der Waals surface area contributed by atoms with Crippen LogP contribution in [0.5, 0.6) is 5.88 Å². The molecule has 182 valence electrons. The quantitative estimate of drug-likeness (QED) is 0.634. The molecule has 0 aromatic carbocycles. The Morgan fingerprint density at radius 1 is 1.29 bits per heavy atom. The standard InChI is InChI=1S/C27H36N4O3/c1-19(2)9-8-10-22-13-24-26(29-14-22)34-25(17-30(5)16-23-11-6-7-12-28-23)20(3)15-31(27(24)33)21(4)18-32/h6-7,11-14,19-21,25,32H,9,15-18H2,1-5H3/t20-,21+,25+/m1/s1. The minimum atomic E-state index is -0.316. The lowest BCUT2D eigenvalue weighted by Gasteiger charge is -2.37. The van der Waals surface area contributed by atoms with Crippen molar-refractivity contribution in [2.45, 2.75) is 52.8 Å². The number of hydrogen-bond donors (Lipinski definition) is 1. The van der Waals surface area contributed by atoms with Crippen molar-refractivity contribution >= 4 is 5.91 Å². The highest BCUT2D eigenvalue weighted by Gasteiger charge is 2.34. The zero-order valence-electron chi connectivity index (χ0n) is 20.9. The second-order valence-corrected chi connectivity index (χ2v) is 9.62. The van der Waals surface area contributed by atoms with E-state index in [2.05, 4.69) is 47.5 Å². The maximum atomic E-state index is 13.5. The SMILES string of the molecule is CC(C)CC#Cc1cnc2c(c1)C(=O)N([C@@H](C)CO)C[C@@H](C)[C@H](CN(C)Cc1ccccn1)O2. The van der Waals surface area contributed by atoms with Gasteiger partial charge >= 0.3 is 0 Å². The van der Waals surface area contributed by atoms with Gasteiger partial charge < -0.3 is 14.7 Å². The van der Waals surface area contributed by atoms with Gasteiger partial charge in [0.2, 0.25) is 5.88 Å². The van der Waals surface area contributed by atoms with Crippen LogP contribution in [0, 0.1) is 23.7 Å². The van der Waals surface area contributed by atoms with Gasteiger partial charge in [-0.25, -0.2) is 4.98 Å². The van der Waals surface area contributed by atoms with Crippen LogP contribution in [0.15, 0.2) is 36.7 Å². The number of carbonyl (C=O) groups excluding carboxylic acids is 1. The number of rotatable bonds is 7. The lowest BCUT2D eigenvalue weighted by atomic mass is 10.00. The zero-order valence-corrected chi connectivity index (χ0v) is 20.9. The van der Waals surface area contributed by atoms with Crippen LogP contribution >= 0.6 is 0 Å². The van der Waals surface area contributed by atoms with E-state index in [-0.39, 0.29) is 30.6 Å². The molecule has 3 heterocycles. The van der Waals surface area contributed by atoms with Gasteiger partial charge in [-0.3, -0.25) is 14.7 Å². The van der Waals surface area contributed by atoms with Crippen molar-refractivity contribution in [1.29, 1.82) is 0 Å². The van der Waals surface area contributed by atoms with Crippen LogP contribution in [-0.4, -0.2) is 69.7 Å². The molecule has 0 radical (unpaired) electrons. The first-order valence-electron chi connectivity index (χ1n) is 11.9. The Balaban J connectivity index is 1.89. The molecule has 0 fully saturated rings. The van der Waals surface area contributed by atoms with Crippen molar-refractivity contribution in [1.82, 2.24) is 19.8 Å². The van der Waals surface area contributed by atoms with Crippen LogP contribution in [0.25, 0.3) is 0 Å². The highest BCUT2D eigenvalue weighted by molar-refractivity contribution is 5.97. The van der Waals surface area contributed by atoms with E-state index in [4.69, 9.17) is 4.74 Å². The molecular weight excluding hydrogens is 428 g/mol. The highest BCUT2D eigenvalue weighted by atomic mass is 16.5. The van der Waals surface area contributed by atoms with E-state index in [0.717, 1.165) is 12.1 Å². The van der Waals surface area contributed by atoms with Gasteiger partial charge in [0, 0.05) is 49.9 Å². The molecule has 3 atom stereocenters. The number of pyridine rings is 2. The van der Waals surface area contributed by atoms with Crippen molar-refractivity contribution < 1.29 is 14.6 Å². The van der Waals surface area contributed by atoms with E-state index in [1.54, 1.807) is 23.4 Å². The van der Waals surface area contributed by atoms with Gasteiger partial charge in [0.1, 0.15) is 11.7 Å². The van der Waals surface area contributed by atoms with Crippen LogP contribution in [0.4, 0.5) is 0 Å². The average molecular weight is 465 g/mol. The Hall–Kier alpha value is -2.95. The lowest BCUT2D eigenvalue weighted by molar-refractivity contribution is 0.0324. The smallest absolute Gasteiger partial charge is 0.259 e. The summed E-state index contributed by atoms with van der Waals surface area (Å²) < 4.78 is 6.36. The maximum Gasteiger partial charge on any atom is 0.259 e. The van der Waals surface area contributed by atoms with Gasteiger partial charge in [0.05, 0.1) is 18.3 Å². The molecule has 1 aliphatic rings. The number of aromatic nitrogens is 2. The van der Waals surface area contributed by atoms with E-state index < -0.39 is 0 Å². The maximum absolute atomic E-state index is 13.5. The number of aliphatic hydroxyl groups excluding tert-OH is 1. The van der Waals surface area contributed by atoms with Gasteiger partial charge in [0.25, 0.3) is 5.91 Å². The van der Waals surface area contributed by atoms with Gasteiger partial charge in [-0.05, 0) is 38.1 Å². The summed E-state index contributed by atoms with van der Waals surface area (Å²) in [4.78, 5) is 26.3. The molecule has 0 saturated heterocycles. The zero-order chi connectivity index (χ0) is 24.7. The molecule has 1 N–H and O–H groups in total. The van der Waals surface area contributed by atoms with Crippen LogP contribution in [0.2, 0.25) is 0 Å². The first-order valence-corrected chi connectivity index (χ1v) is 11.9. The Kier molecular flexibility index (Phi) is 9.03. The van der Waals surface area contributed by atoms with E-state index in [1.165, 1.54) is 0 Å². The minimum Gasteiger partial charge on any atom is -0.472 e. The summed E-state index contributed by atoms with van der Waals surface area (Å²) >= 11 is 0. The fraction of sp³-hybridized carbons (Fsp3) is 0.519. The Morgan fingerprint density at radius 3 is 2.76 bits per heavy atom. The molecule has 0 saturated carbocycles. The van der Waals surface area contributed by atoms with Crippen LogP contribution in [0.3, 0.4) is 0 Å². The second kappa shape index (κ2) is 12.0. The number of ether oxygens (including phenoxy) is 1. The van der Waals surface area contributed by atoms with E-state index in [1.807, 2.05) is 32.2 Å². The summed E-state index contributed by atoms with van der Waals surface area (Å²) in [7, 11) is 2.03. The van der Waals surface area contributed by atoms with Crippen molar-refractivity contribution in [3.05, 3.63) is 53.5 Å². The fourth-order valence-corrected chi connectivity index (χ4v) is 3.89. The number of likely N-dealkylation sites (N-methyl/N-ethyl adjacent to an activating group) is 1. The van der Waals surface area contributed by atoms with Crippen molar-refractivity contribution in [3.8, 4) is 17.7 Å². The third kappa shape index (κ3) is 6.78. The molecule has 3 rings (SSSR count). The van der Waals surface area contributed by atoms with E-state index in [9.17, 15) is 9.90 Å². The Labute approximate surface area is 203 Å². The number of nitrogens with zero attached hydrogens (tertiary/aromatic N) is 4. The number of aliphatic hydroxyl groups is 1. The number of fused-ring (bicyclic) bond motifs is 1. The molecule has 0 spiro atoms. The van der Waals surface area contributed by atoms with E-state index in [0.29, 0.717) is 42.6 Å². The van der Waals surface area contributed by atoms with Crippen molar-refractivity contribution in [2.75, 3.05) is 26.7 Å². The molecule has 0 aliphatic carbocycles. The monoisotopic (exact) mass is 464 g/mol. The average Bonchev–Trinajstić information content (AvgIpc) is 2.81. The minimum absolute atomic E-state index is 0.0320. The molecule has 7 nitrogen and oxygen atoms in total. The van der Waals surface area contributed by atoms with Crippen molar-refractivity contribution in [2.24, 2.45) is 11.8 Å². The summed E-state index contributed by atoms with van der Waals surface area (Å²) in [5.41, 5.74) is 2.06. The molecule has 2 aromatic rings. The molecule has 1 amide bonds. The largest absolute Gasteiger partial charge is 0.472 e. The predicted molar refractivity (Wildman–Crippen MR) is 132 cm³/mol. The third-order valence-corrected chi connectivity index (χ3v) is 5.91. The normalized spacial score (nSPS) is 19.1. The van der Waals surface area contributed by atoms with Gasteiger partial charge in [-0.1, -0.05) is 38.7 Å². The van der Waals surface area contributed by atoms with E-state index >= 15 is 0 Å². The lowest BCUT2D eigenvalue weighted by Crippen LogP contribution is -2.49. The summed E-state index contributed by atoms with van der Waals surface area (Å²) in [5, 5.41) is 9.82. The van der Waals surface area contributed by atoms with Gasteiger partial charge in [-0.2, -0.15) is 0 Å². The fourth-order valence-electron chi connectivity index (χ4n) is 3.89. The number of carbonyl (C=O) groups is 1. The third-order valence-electron chi connectivity index (χ3n) is 5.91. The molecule has 34 heavy (non-hydrogen) atoms. The van der Waals surface area contributed by atoms with Crippen LogP contribution in [-0.2, 0) is 6.54 Å². The molecule has 0 unspecified atom stereocenters. The second-order valence-electron chi connectivity index (χ2n) is 9.62. The summed E-state index contributed by atoms with van der Waals surface area (Å²) in [6.45, 7) is 9.86. The first-order chi connectivity index (χ1) is 16.3. The van der Waals surface area contributed by atoms with Crippen LogP contribution < -0.4 is 4.74 Å². The Bertz CT molecular complexity index is 1020. The molecular formula is C27H36N4O3. The first kappa shape index (κ1) is 25.7. The summed E-state index contributed by atoms with van der Waals surface area (Å²) in [5.74, 6) is 6.90. The topological polar surface area (TPSA) is 78.8 Å². The Morgan fingerprint density at radius 2 is 2.09 bits per heavy atom. The highest BCUT2D eigenvalue weighted by Crippen LogP contribution is 2.27. The molecule has 0 bridgehead atoms. The summed E-state index contributed by atoms with van der Waals surface area (Å²) in [6, 6.07) is 7.33. The van der Waals surface area contributed by atoms with Gasteiger partial charge in [-0.15, -0.1) is 0 Å². The van der Waals surface area contributed by atoms with Crippen LogP contribution in [0.1, 0.15) is 55.7 Å². The summed E-state index contributed by atoms with van der Waals surface area (Å²) in [6.07, 6.45) is 4.04. The number of hydrogen-bond acceptors (Lipinski definition) is 6. The number of amides is 1. The molecule has 1 aliphatic heterocycles. The van der Waals surface area contributed by atoms with Gasteiger partial charge in [0.15, 0.2) is 0 Å². The molecule has 7 heteroatoms. The molecule has 2 aromatic heterocycles. The van der Waals surface area contributed by atoms with Crippen molar-refractivity contribution in [3.63, 3.8) is 0 Å².